The molecule has 0 saturated heterocycles. The first-order valence-corrected chi connectivity index (χ1v) is 7.91. The summed E-state index contributed by atoms with van der Waals surface area (Å²) < 4.78 is 28.5. The molecule has 9 heteroatoms. The van der Waals surface area contributed by atoms with Crippen LogP contribution in [0.1, 0.15) is 30.4 Å². The van der Waals surface area contributed by atoms with Gasteiger partial charge in [-0.05, 0) is 12.8 Å². The van der Waals surface area contributed by atoms with Gasteiger partial charge < -0.3 is 10.2 Å². The van der Waals surface area contributed by atoms with Gasteiger partial charge in [0.05, 0.1) is 17.8 Å². The Hall–Kier alpha value is -2.84. The number of carbonyl (C=O) groups excluding carboxylic acids is 2. The molecule has 1 saturated carbocycles. The molecule has 7 nitrogen and oxygen atoms in total. The molecule has 1 fully saturated rings. The summed E-state index contributed by atoms with van der Waals surface area (Å²) in [5, 5.41) is 6.74. The smallest absolute Gasteiger partial charge is 0.244 e. The predicted molar refractivity (Wildman–Crippen MR) is 84.0 cm³/mol. The van der Waals surface area contributed by atoms with Gasteiger partial charge in [-0.1, -0.05) is 0 Å². The molecular weight excluding hydrogens is 332 g/mol. The van der Waals surface area contributed by atoms with Crippen LogP contribution < -0.4 is 10.2 Å². The number of nitrogens with one attached hydrogen (secondary N) is 1. The van der Waals surface area contributed by atoms with Crippen LogP contribution in [0.4, 0.5) is 20.2 Å². The van der Waals surface area contributed by atoms with E-state index >= 15 is 0 Å². The Labute approximate surface area is 141 Å². The summed E-state index contributed by atoms with van der Waals surface area (Å²) in [5.41, 5.74) is 0.202. The molecule has 4 rings (SSSR count). The molecular formula is C16H15F2N5O2. The van der Waals surface area contributed by atoms with Crippen LogP contribution in [0.3, 0.4) is 0 Å². The second-order valence-electron chi connectivity index (χ2n) is 6.27. The number of halogens is 2. The van der Waals surface area contributed by atoms with E-state index < -0.39 is 23.4 Å². The summed E-state index contributed by atoms with van der Waals surface area (Å²) in [6.45, 7) is -0.260. The maximum Gasteiger partial charge on any atom is 0.244 e. The summed E-state index contributed by atoms with van der Waals surface area (Å²) in [6, 6.07) is 1.78. The largest absolute Gasteiger partial charge is 0.323 e. The normalized spacial score (nSPS) is 16.6. The lowest BCUT2D eigenvalue weighted by Gasteiger charge is -2.29. The number of nitrogens with zero attached hydrogens (tertiary/aromatic N) is 4. The Morgan fingerprint density at radius 1 is 1.32 bits per heavy atom. The molecule has 0 bridgehead atoms. The van der Waals surface area contributed by atoms with Gasteiger partial charge in [-0.15, -0.1) is 0 Å². The zero-order chi connectivity index (χ0) is 17.7. The predicted octanol–water partition coefficient (Wildman–Crippen LogP) is 1.50. The van der Waals surface area contributed by atoms with E-state index in [1.807, 2.05) is 0 Å². The van der Waals surface area contributed by atoms with E-state index in [9.17, 15) is 18.4 Å². The molecule has 1 aromatic carbocycles. The Morgan fingerprint density at radius 2 is 2.04 bits per heavy atom. The van der Waals surface area contributed by atoms with Crippen LogP contribution in [0.25, 0.3) is 0 Å². The number of fused-ring (bicyclic) bond motifs is 1. The van der Waals surface area contributed by atoms with Crippen molar-refractivity contribution in [2.45, 2.75) is 25.2 Å². The quantitative estimate of drug-likeness (QED) is 0.912. The molecule has 0 unspecified atom stereocenters. The van der Waals surface area contributed by atoms with Crippen molar-refractivity contribution < 1.29 is 18.4 Å². The average molecular weight is 347 g/mol. The third-order valence-corrected chi connectivity index (χ3v) is 4.33. The summed E-state index contributed by atoms with van der Waals surface area (Å²) in [7, 11) is 1.70. The molecule has 1 N–H and O–H groups in total. The van der Waals surface area contributed by atoms with E-state index in [1.165, 1.54) is 0 Å². The fourth-order valence-corrected chi connectivity index (χ4v) is 2.84. The first-order valence-electron chi connectivity index (χ1n) is 7.91. The number of benzene rings is 1. The van der Waals surface area contributed by atoms with Crippen LogP contribution in [-0.4, -0.2) is 33.1 Å². The first-order chi connectivity index (χ1) is 11.9. The van der Waals surface area contributed by atoms with Gasteiger partial charge in [-0.25, -0.2) is 13.8 Å². The molecule has 1 aliphatic heterocycles. The highest BCUT2D eigenvalue weighted by atomic mass is 19.2. The van der Waals surface area contributed by atoms with Crippen molar-refractivity contribution >= 4 is 23.2 Å². The van der Waals surface area contributed by atoms with Crippen molar-refractivity contribution in [3.63, 3.8) is 0 Å². The standard InChI is InChI=1S/C16H15F2N5O2/c1-22-13(20-16(21-22)8-2-3-8)6-15(25)23-7-14(24)19-11-4-9(17)10(18)5-12(11)23/h4-5,8H,2-3,6-7H2,1H3,(H,19,24). The van der Waals surface area contributed by atoms with E-state index in [-0.39, 0.29) is 24.3 Å². The lowest BCUT2D eigenvalue weighted by molar-refractivity contribution is -0.121. The minimum absolute atomic E-state index is 0.0696. The summed E-state index contributed by atoms with van der Waals surface area (Å²) in [4.78, 5) is 30.0. The average Bonchev–Trinajstić information content (AvgIpc) is 3.33. The van der Waals surface area contributed by atoms with Crippen LogP contribution >= 0.6 is 0 Å². The molecule has 2 aromatic rings. The second kappa shape index (κ2) is 5.61. The zero-order valence-corrected chi connectivity index (χ0v) is 13.4. The van der Waals surface area contributed by atoms with Gasteiger partial charge in [0, 0.05) is 25.1 Å². The Morgan fingerprint density at radius 3 is 2.76 bits per heavy atom. The highest BCUT2D eigenvalue weighted by molar-refractivity contribution is 6.10. The summed E-state index contributed by atoms with van der Waals surface area (Å²) >= 11 is 0. The number of hydrogen-bond donors (Lipinski definition) is 1. The third kappa shape index (κ3) is 2.86. The molecule has 2 aliphatic rings. The van der Waals surface area contributed by atoms with Crippen LogP contribution in [-0.2, 0) is 23.1 Å². The van der Waals surface area contributed by atoms with Crippen molar-refractivity contribution in [2.24, 2.45) is 7.05 Å². The number of rotatable bonds is 3. The Balaban J connectivity index is 1.62. The molecule has 0 spiro atoms. The van der Waals surface area contributed by atoms with E-state index in [4.69, 9.17) is 0 Å². The molecule has 2 heterocycles. The third-order valence-electron chi connectivity index (χ3n) is 4.33. The second-order valence-corrected chi connectivity index (χ2v) is 6.27. The Kier molecular flexibility index (Phi) is 3.52. The fraction of sp³-hybridized carbons (Fsp3) is 0.375. The van der Waals surface area contributed by atoms with Crippen molar-refractivity contribution in [2.75, 3.05) is 16.8 Å². The molecule has 0 atom stereocenters. The first kappa shape index (κ1) is 15.7. The topological polar surface area (TPSA) is 80.1 Å². The summed E-state index contributed by atoms with van der Waals surface area (Å²) in [5.74, 6) is -1.52. The van der Waals surface area contributed by atoms with Crippen molar-refractivity contribution in [1.82, 2.24) is 14.8 Å². The number of hydrogen-bond acceptors (Lipinski definition) is 4. The molecule has 2 amide bonds. The van der Waals surface area contributed by atoms with Gasteiger partial charge in [0.15, 0.2) is 17.5 Å². The van der Waals surface area contributed by atoms with E-state index in [1.54, 1.807) is 11.7 Å². The molecule has 1 aromatic heterocycles. The number of amides is 2. The van der Waals surface area contributed by atoms with Crippen molar-refractivity contribution in [3.8, 4) is 0 Å². The van der Waals surface area contributed by atoms with Gasteiger partial charge in [0.25, 0.3) is 0 Å². The van der Waals surface area contributed by atoms with Gasteiger partial charge in [-0.3, -0.25) is 14.3 Å². The maximum absolute atomic E-state index is 13.6. The highest BCUT2D eigenvalue weighted by Crippen LogP contribution is 2.38. The van der Waals surface area contributed by atoms with E-state index in [2.05, 4.69) is 15.4 Å². The monoisotopic (exact) mass is 347 g/mol. The van der Waals surface area contributed by atoms with Gasteiger partial charge >= 0.3 is 0 Å². The van der Waals surface area contributed by atoms with Crippen LogP contribution in [0.5, 0.6) is 0 Å². The van der Waals surface area contributed by atoms with Crippen molar-refractivity contribution in [3.05, 3.63) is 35.4 Å². The highest BCUT2D eigenvalue weighted by Gasteiger charge is 2.31. The summed E-state index contributed by atoms with van der Waals surface area (Å²) in [6.07, 6.45) is 2.01. The Bertz CT molecular complexity index is 891. The van der Waals surface area contributed by atoms with E-state index in [0.29, 0.717) is 11.7 Å². The van der Waals surface area contributed by atoms with Crippen LogP contribution in [0.2, 0.25) is 0 Å². The van der Waals surface area contributed by atoms with Gasteiger partial charge in [-0.2, -0.15) is 5.10 Å². The molecule has 0 radical (unpaired) electrons. The lowest BCUT2D eigenvalue weighted by atomic mass is 10.1. The number of aromatic nitrogens is 3. The molecule has 25 heavy (non-hydrogen) atoms. The fourth-order valence-electron chi connectivity index (χ4n) is 2.84. The minimum atomic E-state index is -1.09. The van der Waals surface area contributed by atoms with Crippen LogP contribution in [0.15, 0.2) is 12.1 Å². The molecule has 1 aliphatic carbocycles. The minimum Gasteiger partial charge on any atom is -0.323 e. The zero-order valence-electron chi connectivity index (χ0n) is 13.4. The van der Waals surface area contributed by atoms with Gasteiger partial charge in [0.2, 0.25) is 11.8 Å². The van der Waals surface area contributed by atoms with Crippen LogP contribution in [0, 0.1) is 11.6 Å². The van der Waals surface area contributed by atoms with Crippen molar-refractivity contribution in [1.29, 1.82) is 0 Å². The number of aryl methyl sites for hydroxylation is 1. The number of carbonyl (C=O) groups is 2. The maximum atomic E-state index is 13.6. The van der Waals surface area contributed by atoms with Gasteiger partial charge in [0.1, 0.15) is 12.4 Å². The lowest BCUT2D eigenvalue weighted by Crippen LogP contribution is -2.43. The SMILES string of the molecule is Cn1nc(C2CC2)nc1CC(=O)N1CC(=O)Nc2cc(F)c(F)cc21. The van der Waals surface area contributed by atoms with E-state index in [0.717, 1.165) is 35.7 Å². The molecule has 130 valence electrons. The number of anilines is 2.